The quantitative estimate of drug-likeness (QED) is 0.148. The molecule has 0 fully saturated rings. The molecule has 0 bridgehead atoms. The zero-order chi connectivity index (χ0) is 40.1. The first-order chi connectivity index (χ1) is 25.8. The van der Waals surface area contributed by atoms with Crippen LogP contribution in [0.2, 0.25) is 0 Å². The zero-order valence-electron chi connectivity index (χ0n) is 27.8. The van der Waals surface area contributed by atoms with Crippen LogP contribution in [0.15, 0.2) is 146 Å². The van der Waals surface area contributed by atoms with E-state index in [2.05, 4.69) is 29.9 Å². The third kappa shape index (κ3) is 22.1. The maximum Gasteiger partial charge on any atom is 6.00 e. The van der Waals surface area contributed by atoms with E-state index in [1.807, 2.05) is 0 Å². The van der Waals surface area contributed by atoms with Gasteiger partial charge in [-0.2, -0.15) is 0 Å². The molecule has 19 heteroatoms. The molecule has 55 heavy (non-hydrogen) atoms. The van der Waals surface area contributed by atoms with Crippen molar-refractivity contribution < 1.29 is 80.5 Å². The van der Waals surface area contributed by atoms with E-state index in [4.69, 9.17) is 0 Å². The molecule has 0 spiro atoms. The van der Waals surface area contributed by atoms with Crippen LogP contribution in [-0.2, 0) is 21.1 Å². The van der Waals surface area contributed by atoms with Crippen LogP contribution in [-0.4, -0.2) is 65.7 Å². The number of aromatic carboxylic acids is 6. The van der Waals surface area contributed by atoms with Crippen molar-refractivity contribution >= 4 is 35.8 Å². The van der Waals surface area contributed by atoms with Gasteiger partial charge in [-0.25, -0.2) is 0 Å². The van der Waals surface area contributed by atoms with Gasteiger partial charge < -0.3 is 59.4 Å². The first-order valence-electron chi connectivity index (χ1n) is 14.6. The monoisotopic (exact) mass is 830 g/mol. The third-order valence-corrected chi connectivity index (χ3v) is 5.24. The van der Waals surface area contributed by atoms with E-state index >= 15 is 0 Å². The van der Waals surface area contributed by atoms with E-state index in [9.17, 15) is 59.4 Å². The molecular formula is C36H24MoN6O12. The number of nitrogens with zero attached hydrogens (tertiary/aromatic N) is 6. The first-order valence-corrected chi connectivity index (χ1v) is 14.6. The Morgan fingerprint density at radius 3 is 0.455 bits per heavy atom. The van der Waals surface area contributed by atoms with Crippen molar-refractivity contribution in [1.82, 2.24) is 29.9 Å². The van der Waals surface area contributed by atoms with Gasteiger partial charge in [0.05, 0.1) is 70.0 Å². The molecular weight excluding hydrogens is 804 g/mol. The van der Waals surface area contributed by atoms with Crippen molar-refractivity contribution in [3.8, 4) is 0 Å². The fourth-order valence-corrected chi connectivity index (χ4v) is 2.90. The van der Waals surface area contributed by atoms with Gasteiger partial charge in [-0.05, 0) is 72.8 Å². The number of carbonyl (C=O) groups excluding carboxylic acids is 6. The molecule has 276 valence electrons. The Kier molecular flexibility index (Phi) is 24.2. The summed E-state index contributed by atoms with van der Waals surface area (Å²) >= 11 is 0. The van der Waals surface area contributed by atoms with Gasteiger partial charge in [0.1, 0.15) is 0 Å². The molecule has 0 aliphatic rings. The summed E-state index contributed by atoms with van der Waals surface area (Å²) in [5.41, 5.74) is -0.181. The summed E-state index contributed by atoms with van der Waals surface area (Å²) in [6.07, 6.45) is 8.45. The molecule has 6 aromatic rings. The molecule has 0 atom stereocenters. The summed E-state index contributed by atoms with van der Waals surface area (Å²) in [5, 5.41) is 60.2. The molecule has 6 rings (SSSR count). The van der Waals surface area contributed by atoms with Crippen LogP contribution < -0.4 is 30.6 Å². The van der Waals surface area contributed by atoms with Crippen LogP contribution in [0.25, 0.3) is 0 Å². The Labute approximate surface area is 325 Å². The average molecular weight is 829 g/mol. The summed E-state index contributed by atoms with van der Waals surface area (Å²) in [5.74, 6) is -7.44. The van der Waals surface area contributed by atoms with Crippen LogP contribution in [0.4, 0.5) is 0 Å². The van der Waals surface area contributed by atoms with Crippen LogP contribution in [0.1, 0.15) is 62.9 Å². The van der Waals surface area contributed by atoms with Crippen molar-refractivity contribution in [2.24, 2.45) is 0 Å². The summed E-state index contributed by atoms with van der Waals surface area (Å²) < 4.78 is 0. The number of pyridine rings is 6. The minimum absolute atomic E-state index is 0. The van der Waals surface area contributed by atoms with Crippen molar-refractivity contribution in [3.63, 3.8) is 0 Å². The molecule has 6 aromatic heterocycles. The molecule has 0 radical (unpaired) electrons. The number of hydrogen-bond donors (Lipinski definition) is 0. The smallest absolute Gasteiger partial charge is 0.543 e. The number of carboxylic acid groups (broad SMARTS) is 6. The summed E-state index contributed by atoms with van der Waals surface area (Å²) in [6, 6.07) is 27.7. The summed E-state index contributed by atoms with van der Waals surface area (Å²) in [7, 11) is 0. The standard InChI is InChI=1S/6C6H5NO2.Mo/c6*8-6(9)5-3-1-2-4-7-5;/h6*1-4H,(H,8,9);/q;;;;;;+6/p-6. The van der Waals surface area contributed by atoms with Crippen molar-refractivity contribution in [3.05, 3.63) is 181 Å². The Hall–Kier alpha value is -7.59. The summed E-state index contributed by atoms with van der Waals surface area (Å²) in [4.78, 5) is 81.3. The third-order valence-electron chi connectivity index (χ3n) is 5.24. The second-order valence-electron chi connectivity index (χ2n) is 9.01. The van der Waals surface area contributed by atoms with Gasteiger partial charge in [-0.1, -0.05) is 36.4 Å². The number of hydrogen-bond acceptors (Lipinski definition) is 18. The molecule has 0 aromatic carbocycles. The average Bonchev–Trinajstić information content (AvgIpc) is 3.21. The van der Waals surface area contributed by atoms with Crippen LogP contribution in [0, 0.1) is 0 Å². The van der Waals surface area contributed by atoms with Gasteiger partial charge in [0.25, 0.3) is 0 Å². The second-order valence-corrected chi connectivity index (χ2v) is 9.01. The normalized spacial score (nSPS) is 8.73. The van der Waals surface area contributed by atoms with Crippen molar-refractivity contribution in [1.29, 1.82) is 0 Å². The molecule has 18 nitrogen and oxygen atoms in total. The largest absolute Gasteiger partial charge is 6.00 e. The van der Waals surface area contributed by atoms with Gasteiger partial charge in [0, 0.05) is 37.2 Å². The number of carbonyl (C=O) groups is 6. The molecule has 0 amide bonds. The van der Waals surface area contributed by atoms with Gasteiger partial charge in [0.2, 0.25) is 0 Å². The minimum atomic E-state index is -1.24. The molecule has 0 unspecified atom stereocenters. The Balaban J connectivity index is 0.000000634. The van der Waals surface area contributed by atoms with E-state index in [0.717, 1.165) is 0 Å². The van der Waals surface area contributed by atoms with E-state index < -0.39 is 35.8 Å². The Morgan fingerprint density at radius 1 is 0.273 bits per heavy atom. The first kappa shape index (κ1) is 47.4. The maximum atomic E-state index is 10.0. The van der Waals surface area contributed by atoms with Crippen LogP contribution >= 0.6 is 0 Å². The molecule has 6 heterocycles. The fraction of sp³-hybridized carbons (Fsp3) is 0. The topological polar surface area (TPSA) is 318 Å². The number of rotatable bonds is 6. The van der Waals surface area contributed by atoms with Crippen molar-refractivity contribution in [2.45, 2.75) is 0 Å². The predicted molar refractivity (Wildman–Crippen MR) is 171 cm³/mol. The Bertz CT molecular complexity index is 1640. The van der Waals surface area contributed by atoms with Gasteiger partial charge in [-0.15, -0.1) is 0 Å². The van der Waals surface area contributed by atoms with E-state index in [1.54, 1.807) is 72.8 Å². The van der Waals surface area contributed by atoms with Gasteiger partial charge >= 0.3 is 21.1 Å². The minimum Gasteiger partial charge on any atom is -0.543 e. The second kappa shape index (κ2) is 28.0. The maximum absolute atomic E-state index is 10.0. The summed E-state index contributed by atoms with van der Waals surface area (Å²) in [6.45, 7) is 0. The van der Waals surface area contributed by atoms with Crippen LogP contribution in [0.3, 0.4) is 0 Å². The molecule has 0 aliphatic carbocycles. The van der Waals surface area contributed by atoms with Gasteiger partial charge in [-0.3, -0.25) is 29.9 Å². The zero-order valence-corrected chi connectivity index (χ0v) is 29.9. The predicted octanol–water partition coefficient (Wildman–Crippen LogP) is -3.33. The molecule has 0 N–H and O–H groups in total. The number of aromatic nitrogens is 6. The van der Waals surface area contributed by atoms with E-state index in [1.165, 1.54) is 73.6 Å². The van der Waals surface area contributed by atoms with Crippen molar-refractivity contribution in [2.75, 3.05) is 0 Å². The number of carboxylic acids is 6. The van der Waals surface area contributed by atoms with E-state index in [0.29, 0.717) is 0 Å². The Morgan fingerprint density at radius 2 is 0.400 bits per heavy atom. The molecule has 0 aliphatic heterocycles. The molecule has 0 saturated heterocycles. The fourth-order valence-electron chi connectivity index (χ4n) is 2.90. The SMILES string of the molecule is O=C([O-])c1ccccn1.O=C([O-])c1ccccn1.O=C([O-])c1ccccn1.O=C([O-])c1ccccn1.O=C([O-])c1ccccn1.O=C([O-])c1ccccn1.[Mo+6]. The van der Waals surface area contributed by atoms with Crippen LogP contribution in [0.5, 0.6) is 0 Å². The van der Waals surface area contributed by atoms with Gasteiger partial charge in [0.15, 0.2) is 0 Å². The molecule has 0 saturated carbocycles. The van der Waals surface area contributed by atoms with E-state index in [-0.39, 0.29) is 55.2 Å².